The van der Waals surface area contributed by atoms with Crippen LogP contribution in [0.5, 0.6) is 5.75 Å². The Balaban J connectivity index is 1.65. The van der Waals surface area contributed by atoms with E-state index < -0.39 is 5.97 Å². The van der Waals surface area contributed by atoms with Crippen molar-refractivity contribution in [2.24, 2.45) is 0 Å². The number of likely N-dealkylation sites (tertiary alicyclic amines) is 1. The summed E-state index contributed by atoms with van der Waals surface area (Å²) in [6, 6.07) is 11.9. The fourth-order valence-corrected chi connectivity index (χ4v) is 4.75. The van der Waals surface area contributed by atoms with E-state index in [4.69, 9.17) is 4.74 Å². The van der Waals surface area contributed by atoms with Crippen molar-refractivity contribution in [2.45, 2.75) is 32.9 Å². The zero-order valence-electron chi connectivity index (χ0n) is 18.6. The van der Waals surface area contributed by atoms with Gasteiger partial charge >= 0.3 is 5.97 Å². The average molecular weight is 448 g/mol. The molecule has 0 amide bonds. The molecule has 0 bridgehead atoms. The van der Waals surface area contributed by atoms with Gasteiger partial charge in [-0.2, -0.15) is 0 Å². The number of ether oxygens (including phenoxy) is 1. The molecule has 2 aromatic heterocycles. The van der Waals surface area contributed by atoms with Crippen molar-refractivity contribution in [3.8, 4) is 5.75 Å². The molecule has 0 spiro atoms. The number of esters is 1. The van der Waals surface area contributed by atoms with E-state index in [0.717, 1.165) is 48.0 Å². The molecule has 4 aromatic rings. The topological polar surface area (TPSA) is 67.6 Å². The molecule has 0 atom stereocenters. The molecular formula is C26H26FN3O3. The largest absolute Gasteiger partial charge is 0.505 e. The van der Waals surface area contributed by atoms with Gasteiger partial charge in [-0.15, -0.1) is 0 Å². The van der Waals surface area contributed by atoms with Crippen LogP contribution < -0.4 is 0 Å². The minimum absolute atomic E-state index is 0.200. The first kappa shape index (κ1) is 21.4. The molecule has 1 N–H and O–H groups in total. The van der Waals surface area contributed by atoms with Gasteiger partial charge in [-0.3, -0.25) is 9.88 Å². The number of aromatic nitrogens is 2. The summed E-state index contributed by atoms with van der Waals surface area (Å²) < 4.78 is 21.0. The summed E-state index contributed by atoms with van der Waals surface area (Å²) in [5.74, 6) is -0.610. The molecule has 0 radical (unpaired) electrons. The number of hydrogen-bond acceptors (Lipinski definition) is 5. The summed E-state index contributed by atoms with van der Waals surface area (Å²) in [4.78, 5) is 19.5. The second kappa shape index (κ2) is 8.83. The Morgan fingerprint density at radius 2 is 1.94 bits per heavy atom. The van der Waals surface area contributed by atoms with E-state index in [1.165, 1.54) is 12.1 Å². The van der Waals surface area contributed by atoms with Crippen molar-refractivity contribution in [1.29, 1.82) is 0 Å². The number of carbonyl (C=O) groups excluding carboxylic acids is 1. The highest BCUT2D eigenvalue weighted by Gasteiger charge is 2.21. The first-order valence-electron chi connectivity index (χ1n) is 11.3. The van der Waals surface area contributed by atoms with Gasteiger partial charge in [-0.05, 0) is 74.8 Å². The van der Waals surface area contributed by atoms with Crippen molar-refractivity contribution in [1.82, 2.24) is 14.5 Å². The molecule has 3 heterocycles. The van der Waals surface area contributed by atoms with E-state index in [1.807, 2.05) is 22.8 Å². The third-order valence-electron chi connectivity index (χ3n) is 6.30. The lowest BCUT2D eigenvalue weighted by Gasteiger charge is -2.19. The predicted molar refractivity (Wildman–Crippen MR) is 125 cm³/mol. The Morgan fingerprint density at radius 1 is 1.12 bits per heavy atom. The van der Waals surface area contributed by atoms with E-state index in [0.29, 0.717) is 29.7 Å². The molecule has 0 unspecified atom stereocenters. The number of fused-ring (bicyclic) bond motifs is 2. The Labute approximate surface area is 191 Å². The standard InChI is InChI=1S/C26H26FN3O3/c1-2-33-26(32)23-14-17-13-20(27)7-8-22(17)30(23)16-18-12-19(15-29-10-3-4-11-29)25(31)24-21(18)6-5-9-28-24/h5-9,12-14,31H,2-4,10-11,15-16H2,1H3. The van der Waals surface area contributed by atoms with Gasteiger partial charge in [-0.1, -0.05) is 6.07 Å². The SMILES string of the molecule is CCOC(=O)c1cc2cc(F)ccc2n1Cc1cc(CN2CCCC2)c(O)c2ncccc12. The molecule has 170 valence electrons. The summed E-state index contributed by atoms with van der Waals surface area (Å²) in [5, 5.41) is 12.4. The van der Waals surface area contributed by atoms with E-state index in [9.17, 15) is 14.3 Å². The van der Waals surface area contributed by atoms with Crippen LogP contribution in [0.25, 0.3) is 21.8 Å². The zero-order valence-corrected chi connectivity index (χ0v) is 18.6. The molecular weight excluding hydrogens is 421 g/mol. The lowest BCUT2D eigenvalue weighted by atomic mass is 10.0. The van der Waals surface area contributed by atoms with Gasteiger partial charge in [0.2, 0.25) is 0 Å². The average Bonchev–Trinajstić information content (AvgIpc) is 3.45. The quantitative estimate of drug-likeness (QED) is 0.428. The zero-order chi connectivity index (χ0) is 22.9. The number of halogens is 1. The summed E-state index contributed by atoms with van der Waals surface area (Å²) in [7, 11) is 0. The second-order valence-electron chi connectivity index (χ2n) is 8.47. The number of nitrogens with zero attached hydrogens (tertiary/aromatic N) is 3. The van der Waals surface area contributed by atoms with Crippen LogP contribution in [0.4, 0.5) is 4.39 Å². The summed E-state index contributed by atoms with van der Waals surface area (Å²) in [5.41, 5.74) is 3.40. The van der Waals surface area contributed by atoms with Crippen molar-refractivity contribution in [3.63, 3.8) is 0 Å². The number of benzene rings is 2. The number of pyridine rings is 1. The number of carbonyl (C=O) groups is 1. The van der Waals surface area contributed by atoms with E-state index >= 15 is 0 Å². The van der Waals surface area contributed by atoms with Gasteiger partial charge < -0.3 is 14.4 Å². The first-order chi connectivity index (χ1) is 16.0. The minimum atomic E-state index is -0.451. The van der Waals surface area contributed by atoms with Crippen LogP contribution in [0, 0.1) is 5.82 Å². The van der Waals surface area contributed by atoms with E-state index in [2.05, 4.69) is 9.88 Å². The van der Waals surface area contributed by atoms with Crippen LogP contribution in [0.1, 0.15) is 41.4 Å². The van der Waals surface area contributed by atoms with Crippen LogP contribution in [0.15, 0.2) is 48.7 Å². The monoisotopic (exact) mass is 447 g/mol. The molecule has 1 aliphatic heterocycles. The maximum absolute atomic E-state index is 13.9. The highest BCUT2D eigenvalue weighted by atomic mass is 19.1. The molecule has 1 saturated heterocycles. The lowest BCUT2D eigenvalue weighted by molar-refractivity contribution is 0.0515. The number of hydrogen-bond donors (Lipinski definition) is 1. The number of aromatic hydroxyl groups is 1. The highest BCUT2D eigenvalue weighted by Crippen LogP contribution is 2.33. The third-order valence-corrected chi connectivity index (χ3v) is 6.30. The molecule has 1 aliphatic rings. The molecule has 7 heteroatoms. The van der Waals surface area contributed by atoms with Crippen LogP contribution in [-0.4, -0.2) is 45.2 Å². The Kier molecular flexibility index (Phi) is 5.72. The molecule has 0 saturated carbocycles. The smallest absolute Gasteiger partial charge is 0.354 e. The van der Waals surface area contributed by atoms with Gasteiger partial charge in [0.05, 0.1) is 6.61 Å². The highest BCUT2D eigenvalue weighted by molar-refractivity contribution is 5.96. The predicted octanol–water partition coefficient (Wildman–Crippen LogP) is 4.86. The van der Waals surface area contributed by atoms with Gasteiger partial charge in [0, 0.05) is 41.1 Å². The normalized spacial score (nSPS) is 14.4. The molecule has 33 heavy (non-hydrogen) atoms. The molecule has 0 aliphatic carbocycles. The summed E-state index contributed by atoms with van der Waals surface area (Å²) >= 11 is 0. The first-order valence-corrected chi connectivity index (χ1v) is 11.3. The number of rotatable bonds is 6. The number of phenols is 1. The van der Waals surface area contributed by atoms with Gasteiger partial charge in [0.15, 0.2) is 0 Å². The van der Waals surface area contributed by atoms with E-state index in [1.54, 1.807) is 25.3 Å². The maximum atomic E-state index is 13.9. The third kappa shape index (κ3) is 4.04. The molecule has 1 fully saturated rings. The fraction of sp³-hybridized carbons (Fsp3) is 0.308. The molecule has 2 aromatic carbocycles. The van der Waals surface area contributed by atoms with Gasteiger partial charge in [0.25, 0.3) is 0 Å². The molecule has 5 rings (SSSR count). The van der Waals surface area contributed by atoms with Crippen molar-refractivity contribution in [3.05, 3.63) is 71.3 Å². The summed E-state index contributed by atoms with van der Waals surface area (Å²) in [6.07, 6.45) is 3.99. The van der Waals surface area contributed by atoms with Crippen LogP contribution in [0.3, 0.4) is 0 Å². The van der Waals surface area contributed by atoms with E-state index in [-0.39, 0.29) is 18.2 Å². The van der Waals surface area contributed by atoms with Crippen molar-refractivity contribution < 1.29 is 19.0 Å². The van der Waals surface area contributed by atoms with Crippen LogP contribution >= 0.6 is 0 Å². The Hall–Kier alpha value is -3.45. The van der Waals surface area contributed by atoms with Gasteiger partial charge in [-0.25, -0.2) is 9.18 Å². The van der Waals surface area contributed by atoms with Crippen molar-refractivity contribution in [2.75, 3.05) is 19.7 Å². The lowest BCUT2D eigenvalue weighted by Crippen LogP contribution is -2.19. The van der Waals surface area contributed by atoms with Crippen LogP contribution in [0.2, 0.25) is 0 Å². The Morgan fingerprint density at radius 3 is 2.73 bits per heavy atom. The Bertz CT molecular complexity index is 1340. The second-order valence-corrected chi connectivity index (χ2v) is 8.47. The maximum Gasteiger partial charge on any atom is 0.354 e. The van der Waals surface area contributed by atoms with Crippen LogP contribution in [-0.2, 0) is 17.8 Å². The fourth-order valence-electron chi connectivity index (χ4n) is 4.75. The number of phenolic OH excluding ortho intramolecular Hbond substituents is 1. The minimum Gasteiger partial charge on any atom is -0.505 e. The van der Waals surface area contributed by atoms with Gasteiger partial charge in [0.1, 0.15) is 22.8 Å². The summed E-state index contributed by atoms with van der Waals surface area (Å²) in [6.45, 7) is 5.03. The van der Waals surface area contributed by atoms with Crippen molar-refractivity contribution >= 4 is 27.8 Å². The molecule has 6 nitrogen and oxygen atoms in total.